The van der Waals surface area contributed by atoms with Gasteiger partial charge in [0.1, 0.15) is 5.75 Å². The summed E-state index contributed by atoms with van der Waals surface area (Å²) in [7, 11) is 0. The summed E-state index contributed by atoms with van der Waals surface area (Å²) in [6, 6.07) is 5.70. The largest absolute Gasteiger partial charge is 0.493 e. The highest BCUT2D eigenvalue weighted by molar-refractivity contribution is 9.10. The van der Waals surface area contributed by atoms with E-state index in [9.17, 15) is 0 Å². The third kappa shape index (κ3) is 2.73. The first-order chi connectivity index (χ1) is 6.27. The Bertz CT molecular complexity index is 312. The Balaban J connectivity index is 3.03. The van der Waals surface area contributed by atoms with Crippen molar-refractivity contribution in [2.75, 3.05) is 6.61 Å². The van der Waals surface area contributed by atoms with Crippen LogP contribution in [-0.4, -0.2) is 12.8 Å². The van der Waals surface area contributed by atoms with Gasteiger partial charge in [-0.05, 0) is 25.1 Å². The summed E-state index contributed by atoms with van der Waals surface area (Å²) in [4.78, 5) is 0. The lowest BCUT2D eigenvalue weighted by molar-refractivity contribution is 0.339. The van der Waals surface area contributed by atoms with Crippen molar-refractivity contribution >= 4 is 22.1 Å². The predicted octanol–water partition coefficient (Wildman–Crippen LogP) is 2.14. The first-order valence-corrected chi connectivity index (χ1v) is 4.72. The highest BCUT2D eigenvalue weighted by atomic mass is 79.9. The molecular formula is C9H11BrN2O. The summed E-state index contributed by atoms with van der Waals surface area (Å²) < 4.78 is 6.35. The summed E-state index contributed by atoms with van der Waals surface area (Å²) in [6.07, 6.45) is 1.57. The average molecular weight is 243 g/mol. The monoisotopic (exact) mass is 242 g/mol. The molecule has 0 saturated heterocycles. The van der Waals surface area contributed by atoms with Gasteiger partial charge in [0.25, 0.3) is 0 Å². The van der Waals surface area contributed by atoms with Gasteiger partial charge in [-0.2, -0.15) is 5.10 Å². The number of benzene rings is 1. The molecule has 0 atom stereocenters. The maximum absolute atomic E-state index is 5.38. The molecule has 0 aromatic heterocycles. The number of halogens is 1. The maximum Gasteiger partial charge on any atom is 0.128 e. The molecule has 0 amide bonds. The second kappa shape index (κ2) is 4.87. The van der Waals surface area contributed by atoms with E-state index in [1.807, 2.05) is 25.1 Å². The van der Waals surface area contributed by atoms with E-state index in [-0.39, 0.29) is 0 Å². The molecule has 4 heteroatoms. The molecule has 0 aliphatic heterocycles. The standard InChI is InChI=1S/C9H11BrN2O/c1-2-13-9-4-3-8(10)5-7(9)6-12-11/h3-6H,2,11H2,1H3. The Kier molecular flexibility index (Phi) is 3.76. The predicted molar refractivity (Wildman–Crippen MR) is 57.1 cm³/mol. The fourth-order valence-electron chi connectivity index (χ4n) is 0.987. The lowest BCUT2D eigenvalue weighted by Gasteiger charge is -2.06. The number of nitrogens with zero attached hydrogens (tertiary/aromatic N) is 1. The normalized spacial score (nSPS) is 10.6. The molecule has 0 bridgehead atoms. The van der Waals surface area contributed by atoms with Crippen LogP contribution in [-0.2, 0) is 0 Å². The highest BCUT2D eigenvalue weighted by Crippen LogP contribution is 2.21. The molecule has 0 spiro atoms. The van der Waals surface area contributed by atoms with Gasteiger partial charge in [-0.3, -0.25) is 0 Å². The summed E-state index contributed by atoms with van der Waals surface area (Å²) in [5, 5.41) is 3.46. The summed E-state index contributed by atoms with van der Waals surface area (Å²) in [5.74, 6) is 5.87. The molecular weight excluding hydrogens is 232 g/mol. The molecule has 1 rings (SSSR count). The average Bonchev–Trinajstić information content (AvgIpc) is 2.10. The number of nitrogens with two attached hydrogens (primary N) is 1. The van der Waals surface area contributed by atoms with Gasteiger partial charge >= 0.3 is 0 Å². The highest BCUT2D eigenvalue weighted by Gasteiger charge is 2.00. The molecule has 1 aromatic rings. The molecule has 0 unspecified atom stereocenters. The third-order valence-electron chi connectivity index (χ3n) is 1.49. The number of rotatable bonds is 3. The Morgan fingerprint density at radius 1 is 1.62 bits per heavy atom. The molecule has 0 radical (unpaired) electrons. The van der Waals surface area contributed by atoms with E-state index in [0.717, 1.165) is 15.8 Å². The van der Waals surface area contributed by atoms with Gasteiger partial charge in [-0.1, -0.05) is 15.9 Å². The van der Waals surface area contributed by atoms with Gasteiger partial charge in [-0.25, -0.2) is 0 Å². The second-order valence-electron chi connectivity index (χ2n) is 2.39. The number of hydrogen-bond donors (Lipinski definition) is 1. The van der Waals surface area contributed by atoms with Crippen LogP contribution in [0.15, 0.2) is 27.8 Å². The molecule has 0 heterocycles. The number of hydrazone groups is 1. The van der Waals surface area contributed by atoms with Crippen LogP contribution in [0.5, 0.6) is 5.75 Å². The van der Waals surface area contributed by atoms with Crippen LogP contribution in [0.25, 0.3) is 0 Å². The van der Waals surface area contributed by atoms with Crippen molar-refractivity contribution in [3.63, 3.8) is 0 Å². The van der Waals surface area contributed by atoms with Crippen LogP contribution in [0.2, 0.25) is 0 Å². The first kappa shape index (κ1) is 10.1. The van der Waals surface area contributed by atoms with Gasteiger partial charge < -0.3 is 10.6 Å². The van der Waals surface area contributed by atoms with Crippen LogP contribution in [0.3, 0.4) is 0 Å². The van der Waals surface area contributed by atoms with Crippen LogP contribution in [0.1, 0.15) is 12.5 Å². The zero-order chi connectivity index (χ0) is 9.68. The van der Waals surface area contributed by atoms with Gasteiger partial charge in [0, 0.05) is 10.0 Å². The van der Waals surface area contributed by atoms with Crippen LogP contribution in [0.4, 0.5) is 0 Å². The first-order valence-electron chi connectivity index (χ1n) is 3.93. The summed E-state index contributed by atoms with van der Waals surface area (Å²) >= 11 is 3.36. The Morgan fingerprint density at radius 2 is 2.38 bits per heavy atom. The van der Waals surface area contributed by atoms with E-state index in [1.165, 1.54) is 0 Å². The number of ether oxygens (including phenoxy) is 1. The summed E-state index contributed by atoms with van der Waals surface area (Å²) in [5.41, 5.74) is 0.874. The van der Waals surface area contributed by atoms with Crippen molar-refractivity contribution in [1.82, 2.24) is 0 Å². The Hall–Kier alpha value is -1.03. The van der Waals surface area contributed by atoms with E-state index in [4.69, 9.17) is 10.6 Å². The van der Waals surface area contributed by atoms with Crippen molar-refractivity contribution in [2.24, 2.45) is 10.9 Å². The fraction of sp³-hybridized carbons (Fsp3) is 0.222. The lowest BCUT2D eigenvalue weighted by atomic mass is 10.2. The Morgan fingerprint density at radius 3 is 3.00 bits per heavy atom. The van der Waals surface area contributed by atoms with Gasteiger partial charge in [-0.15, -0.1) is 0 Å². The van der Waals surface area contributed by atoms with Crippen LogP contribution < -0.4 is 10.6 Å². The van der Waals surface area contributed by atoms with Gasteiger partial charge in [0.05, 0.1) is 12.8 Å². The minimum Gasteiger partial charge on any atom is -0.493 e. The van der Waals surface area contributed by atoms with Crippen LogP contribution in [0, 0.1) is 0 Å². The van der Waals surface area contributed by atoms with E-state index in [1.54, 1.807) is 6.21 Å². The SMILES string of the molecule is CCOc1ccc(Br)cc1C=NN. The summed E-state index contributed by atoms with van der Waals surface area (Å²) in [6.45, 7) is 2.57. The van der Waals surface area contributed by atoms with Crippen molar-refractivity contribution in [3.8, 4) is 5.75 Å². The molecule has 0 saturated carbocycles. The quantitative estimate of drug-likeness (QED) is 0.502. The molecule has 1 aromatic carbocycles. The minimum atomic E-state index is 0.632. The molecule has 13 heavy (non-hydrogen) atoms. The molecule has 0 aliphatic rings. The third-order valence-corrected chi connectivity index (χ3v) is 1.98. The van der Waals surface area contributed by atoms with Crippen molar-refractivity contribution < 1.29 is 4.74 Å². The fourth-order valence-corrected chi connectivity index (χ4v) is 1.37. The van der Waals surface area contributed by atoms with Gasteiger partial charge in [0.2, 0.25) is 0 Å². The molecule has 3 nitrogen and oxygen atoms in total. The molecule has 2 N–H and O–H groups in total. The Labute approximate surface area is 85.7 Å². The van der Waals surface area contributed by atoms with Crippen molar-refractivity contribution in [3.05, 3.63) is 28.2 Å². The number of hydrogen-bond acceptors (Lipinski definition) is 3. The maximum atomic E-state index is 5.38. The molecule has 70 valence electrons. The smallest absolute Gasteiger partial charge is 0.128 e. The van der Waals surface area contributed by atoms with Crippen molar-refractivity contribution in [1.29, 1.82) is 0 Å². The van der Waals surface area contributed by atoms with E-state index in [2.05, 4.69) is 21.0 Å². The second-order valence-corrected chi connectivity index (χ2v) is 3.31. The van der Waals surface area contributed by atoms with Gasteiger partial charge in [0.15, 0.2) is 0 Å². The topological polar surface area (TPSA) is 47.6 Å². The van der Waals surface area contributed by atoms with Crippen molar-refractivity contribution in [2.45, 2.75) is 6.92 Å². The molecule has 0 aliphatic carbocycles. The van der Waals surface area contributed by atoms with Crippen LogP contribution >= 0.6 is 15.9 Å². The van der Waals surface area contributed by atoms with E-state index < -0.39 is 0 Å². The van der Waals surface area contributed by atoms with E-state index >= 15 is 0 Å². The minimum absolute atomic E-state index is 0.632. The molecule has 0 fully saturated rings. The zero-order valence-electron chi connectivity index (χ0n) is 7.33. The lowest BCUT2D eigenvalue weighted by Crippen LogP contribution is -1.96. The van der Waals surface area contributed by atoms with E-state index in [0.29, 0.717) is 6.61 Å². The zero-order valence-corrected chi connectivity index (χ0v) is 8.91.